The number of carbonyl (C=O) groups is 1. The van der Waals surface area contributed by atoms with Crippen LogP contribution in [0.2, 0.25) is 5.02 Å². The number of aryl methyl sites for hydroxylation is 2. The number of hydrogen-bond donors (Lipinski definition) is 3. The van der Waals surface area contributed by atoms with E-state index in [0.29, 0.717) is 28.9 Å². The number of anilines is 2. The minimum Gasteiger partial charge on any atom is -0.492 e. The molecule has 0 spiro atoms. The summed E-state index contributed by atoms with van der Waals surface area (Å²) in [6.45, 7) is 7.97. The number of halogens is 1. The van der Waals surface area contributed by atoms with Crippen LogP contribution in [0.1, 0.15) is 34.3 Å². The lowest BCUT2D eigenvalue weighted by atomic mass is 10.0. The number of nitrogens with zero attached hydrogens (tertiary/aromatic N) is 2. The van der Waals surface area contributed by atoms with Gasteiger partial charge in [0.15, 0.2) is 0 Å². The molecular formula is C34H34ClN5O3. The summed E-state index contributed by atoms with van der Waals surface area (Å²) in [7, 11) is 0. The van der Waals surface area contributed by atoms with Crippen LogP contribution in [0.5, 0.6) is 11.5 Å². The van der Waals surface area contributed by atoms with E-state index in [-0.39, 0.29) is 0 Å². The number of hydrogen-bond acceptors (Lipinski definition) is 8. The first-order valence-corrected chi connectivity index (χ1v) is 14.9. The van der Waals surface area contributed by atoms with Crippen LogP contribution in [0.15, 0.2) is 83.9 Å². The molecule has 220 valence electrons. The van der Waals surface area contributed by atoms with E-state index in [1.807, 2.05) is 62.4 Å². The largest absolute Gasteiger partial charge is 0.492 e. The van der Waals surface area contributed by atoms with Gasteiger partial charge in [0.1, 0.15) is 18.1 Å². The Kier molecular flexibility index (Phi) is 8.49. The van der Waals surface area contributed by atoms with Crippen LogP contribution in [0.4, 0.5) is 17.1 Å². The number of fused-ring (bicyclic) bond motifs is 1. The average Bonchev–Trinajstić information content (AvgIpc) is 3.53. The molecule has 2 heterocycles. The number of rotatable bonds is 8. The third-order valence-corrected chi connectivity index (χ3v) is 7.91. The normalized spacial score (nSPS) is 14.3. The number of ether oxygens (including phenoxy) is 2. The summed E-state index contributed by atoms with van der Waals surface area (Å²) < 4.78 is 11.6. The number of carbonyl (C=O) groups excluding carboxylic acids is 1. The minimum atomic E-state index is -0.421. The Morgan fingerprint density at radius 1 is 0.930 bits per heavy atom. The Hall–Kier alpha value is -4.53. The van der Waals surface area contributed by atoms with Gasteiger partial charge in [-0.15, -0.1) is 0 Å². The molecule has 0 radical (unpaired) electrons. The summed E-state index contributed by atoms with van der Waals surface area (Å²) in [5, 5.41) is 3.87. The number of esters is 1. The van der Waals surface area contributed by atoms with Crippen molar-refractivity contribution in [3.05, 3.63) is 101 Å². The standard InChI is InChI=1S/C34H34ClN5O3/c1-22-5-7-24(8-6-22)33(41)43-28-13-14-30(35)29(21-28)25-19-23(2)32-31(20-25)38-39-34(37-32)36-26-9-11-27(12-10-26)42-18-17-40-15-3-4-16-40/h5-14,19-21,38H,3-4,15-18H2,1-2H3,(H2,36,37,39). The van der Waals surface area contributed by atoms with Crippen LogP contribution in [-0.2, 0) is 0 Å². The second kappa shape index (κ2) is 12.8. The topological polar surface area (TPSA) is 87.2 Å². The Bertz CT molecular complexity index is 1650. The van der Waals surface area contributed by atoms with Gasteiger partial charge in [-0.2, -0.15) is 0 Å². The molecule has 0 unspecified atom stereocenters. The Morgan fingerprint density at radius 2 is 1.67 bits per heavy atom. The molecule has 2 aliphatic heterocycles. The molecule has 0 amide bonds. The first-order valence-electron chi connectivity index (χ1n) is 14.5. The first kappa shape index (κ1) is 28.6. The highest BCUT2D eigenvalue weighted by Gasteiger charge is 2.18. The summed E-state index contributed by atoms with van der Waals surface area (Å²) in [6.07, 6.45) is 2.57. The van der Waals surface area contributed by atoms with Crippen molar-refractivity contribution in [1.82, 2.24) is 10.3 Å². The molecule has 4 aromatic rings. The van der Waals surface area contributed by atoms with Crippen molar-refractivity contribution in [2.45, 2.75) is 26.7 Å². The molecule has 9 heteroatoms. The lowest BCUT2D eigenvalue weighted by Gasteiger charge is -2.23. The highest BCUT2D eigenvalue weighted by atomic mass is 35.5. The van der Waals surface area contributed by atoms with Crippen LogP contribution in [0, 0.1) is 13.8 Å². The number of likely N-dealkylation sites (tertiary alicyclic amines) is 1. The summed E-state index contributed by atoms with van der Waals surface area (Å²) in [5.74, 6) is 1.42. The molecule has 2 aliphatic rings. The van der Waals surface area contributed by atoms with Gasteiger partial charge in [-0.3, -0.25) is 15.8 Å². The zero-order chi connectivity index (χ0) is 29.8. The van der Waals surface area contributed by atoms with E-state index in [4.69, 9.17) is 26.1 Å². The van der Waals surface area contributed by atoms with E-state index in [1.54, 1.807) is 30.3 Å². The average molecular weight is 596 g/mol. The van der Waals surface area contributed by atoms with Gasteiger partial charge >= 0.3 is 5.97 Å². The fraction of sp³-hybridized carbons (Fsp3) is 0.235. The van der Waals surface area contributed by atoms with E-state index >= 15 is 0 Å². The Balaban J connectivity index is 1.13. The van der Waals surface area contributed by atoms with Crippen molar-refractivity contribution in [2.75, 3.05) is 37.0 Å². The van der Waals surface area contributed by atoms with Gasteiger partial charge in [0, 0.05) is 22.8 Å². The minimum absolute atomic E-state index is 0.416. The molecule has 1 fully saturated rings. The molecule has 0 atom stereocenters. The first-order chi connectivity index (χ1) is 20.9. The van der Waals surface area contributed by atoms with Gasteiger partial charge in [-0.05, 0) is 118 Å². The molecule has 4 aromatic carbocycles. The summed E-state index contributed by atoms with van der Waals surface area (Å²) in [5.41, 5.74) is 13.0. The molecule has 1 saturated heterocycles. The molecule has 6 rings (SSSR count). The number of aliphatic imine (C=N–C) groups is 1. The molecule has 3 N–H and O–H groups in total. The van der Waals surface area contributed by atoms with Crippen LogP contribution in [-0.4, -0.2) is 43.1 Å². The van der Waals surface area contributed by atoms with Crippen LogP contribution in [0.3, 0.4) is 0 Å². The molecule has 0 saturated carbocycles. The summed E-state index contributed by atoms with van der Waals surface area (Å²) in [6, 6.07) is 24.3. The highest BCUT2D eigenvalue weighted by molar-refractivity contribution is 6.33. The van der Waals surface area contributed by atoms with Crippen LogP contribution in [0.25, 0.3) is 11.1 Å². The SMILES string of the molecule is Cc1ccc(C(=O)Oc2ccc(Cl)c(-c3cc(C)c4c(c3)NNC(Nc3ccc(OCCN5CCCC5)cc3)=N4)c2)cc1. The summed E-state index contributed by atoms with van der Waals surface area (Å²) in [4.78, 5) is 19.9. The second-order valence-electron chi connectivity index (χ2n) is 10.8. The maximum atomic E-state index is 12.7. The van der Waals surface area contributed by atoms with Gasteiger partial charge in [-0.25, -0.2) is 9.79 Å². The van der Waals surface area contributed by atoms with Gasteiger partial charge in [0.25, 0.3) is 0 Å². The smallest absolute Gasteiger partial charge is 0.343 e. The molecule has 43 heavy (non-hydrogen) atoms. The van der Waals surface area contributed by atoms with Gasteiger partial charge in [0.2, 0.25) is 5.96 Å². The fourth-order valence-corrected chi connectivity index (χ4v) is 5.45. The number of hydrazine groups is 1. The lowest BCUT2D eigenvalue weighted by molar-refractivity contribution is 0.0735. The number of nitrogens with one attached hydrogen (secondary N) is 3. The number of benzene rings is 4. The van der Waals surface area contributed by atoms with Crippen LogP contribution >= 0.6 is 11.6 Å². The molecule has 0 bridgehead atoms. The van der Waals surface area contributed by atoms with Crippen molar-refractivity contribution < 1.29 is 14.3 Å². The van der Waals surface area contributed by atoms with E-state index in [9.17, 15) is 4.79 Å². The molecular weight excluding hydrogens is 562 g/mol. The van der Waals surface area contributed by atoms with Crippen molar-refractivity contribution in [1.29, 1.82) is 0 Å². The maximum Gasteiger partial charge on any atom is 0.343 e. The molecule has 0 aromatic heterocycles. The van der Waals surface area contributed by atoms with E-state index in [0.717, 1.165) is 51.6 Å². The van der Waals surface area contributed by atoms with Crippen molar-refractivity contribution >= 4 is 40.6 Å². The Labute approximate surface area is 256 Å². The predicted molar refractivity (Wildman–Crippen MR) is 173 cm³/mol. The van der Waals surface area contributed by atoms with Gasteiger partial charge in [0.05, 0.1) is 16.9 Å². The third kappa shape index (κ3) is 6.93. The van der Waals surface area contributed by atoms with Crippen molar-refractivity contribution in [3.8, 4) is 22.6 Å². The Morgan fingerprint density at radius 3 is 2.44 bits per heavy atom. The van der Waals surface area contributed by atoms with E-state index in [1.165, 1.54) is 25.9 Å². The second-order valence-corrected chi connectivity index (χ2v) is 11.3. The third-order valence-electron chi connectivity index (χ3n) is 7.58. The van der Waals surface area contributed by atoms with Gasteiger partial charge < -0.3 is 14.8 Å². The lowest BCUT2D eigenvalue weighted by Crippen LogP contribution is -2.37. The zero-order valence-electron chi connectivity index (χ0n) is 24.2. The van der Waals surface area contributed by atoms with Crippen molar-refractivity contribution in [2.24, 2.45) is 4.99 Å². The van der Waals surface area contributed by atoms with Crippen LogP contribution < -0.4 is 25.6 Å². The highest BCUT2D eigenvalue weighted by Crippen LogP contribution is 2.39. The monoisotopic (exact) mass is 595 g/mol. The quantitative estimate of drug-likeness (QED) is 0.145. The maximum absolute atomic E-state index is 12.7. The predicted octanol–water partition coefficient (Wildman–Crippen LogP) is 7.35. The van der Waals surface area contributed by atoms with Gasteiger partial charge in [-0.1, -0.05) is 29.3 Å². The zero-order valence-corrected chi connectivity index (χ0v) is 25.0. The fourth-order valence-electron chi connectivity index (χ4n) is 5.22. The summed E-state index contributed by atoms with van der Waals surface area (Å²) >= 11 is 6.59. The number of guanidine groups is 1. The molecule has 8 nitrogen and oxygen atoms in total. The van der Waals surface area contributed by atoms with E-state index in [2.05, 4.69) is 21.1 Å². The molecule has 0 aliphatic carbocycles. The van der Waals surface area contributed by atoms with E-state index < -0.39 is 5.97 Å². The van der Waals surface area contributed by atoms with Crippen molar-refractivity contribution in [3.63, 3.8) is 0 Å².